The fourth-order valence-electron chi connectivity index (χ4n) is 3.54. The molecule has 0 aliphatic carbocycles. The van der Waals surface area contributed by atoms with Crippen molar-refractivity contribution >= 4 is 11.9 Å². The second-order valence-corrected chi connectivity index (χ2v) is 8.42. The lowest BCUT2D eigenvalue weighted by Gasteiger charge is -2.21. The van der Waals surface area contributed by atoms with Gasteiger partial charge >= 0.3 is 11.9 Å². The van der Waals surface area contributed by atoms with Gasteiger partial charge in [0.25, 0.3) is 0 Å². The molecule has 1 unspecified atom stereocenters. The van der Waals surface area contributed by atoms with Gasteiger partial charge in [-0.15, -0.1) is 0 Å². The maximum Gasteiger partial charge on any atom is 0.350 e. The van der Waals surface area contributed by atoms with Gasteiger partial charge in [0.1, 0.15) is 6.10 Å². The van der Waals surface area contributed by atoms with E-state index >= 15 is 0 Å². The van der Waals surface area contributed by atoms with Crippen LogP contribution >= 0.6 is 0 Å². The molecule has 150 valence electrons. The van der Waals surface area contributed by atoms with Crippen molar-refractivity contribution in [1.29, 1.82) is 0 Å². The number of benzene rings is 1. The highest BCUT2D eigenvalue weighted by atomic mass is 16.8. The van der Waals surface area contributed by atoms with Gasteiger partial charge in [0.2, 0.25) is 6.10 Å². The summed E-state index contributed by atoms with van der Waals surface area (Å²) in [5, 5.41) is 0. The van der Waals surface area contributed by atoms with Crippen molar-refractivity contribution in [2.75, 3.05) is 0 Å². The molecule has 7 nitrogen and oxygen atoms in total. The molecule has 0 saturated carbocycles. The summed E-state index contributed by atoms with van der Waals surface area (Å²) in [5.74, 6) is -1.31. The van der Waals surface area contributed by atoms with Crippen LogP contribution in [0.4, 0.5) is 0 Å². The van der Waals surface area contributed by atoms with Crippen LogP contribution in [0.3, 0.4) is 0 Å². The lowest BCUT2D eigenvalue weighted by molar-refractivity contribution is -0.182. The van der Waals surface area contributed by atoms with Crippen molar-refractivity contribution in [1.82, 2.24) is 0 Å². The molecule has 0 N–H and O–H groups in total. The van der Waals surface area contributed by atoms with Gasteiger partial charge in [0, 0.05) is 11.1 Å². The fraction of sp³-hybridized carbons (Fsp3) is 0.524. The van der Waals surface area contributed by atoms with Crippen molar-refractivity contribution in [2.24, 2.45) is 0 Å². The Hall–Kier alpha value is -2.22. The highest BCUT2D eigenvalue weighted by Gasteiger charge is 2.63. The van der Waals surface area contributed by atoms with Gasteiger partial charge in [0.05, 0.1) is 0 Å². The fourth-order valence-corrected chi connectivity index (χ4v) is 3.54. The highest BCUT2D eigenvalue weighted by Crippen LogP contribution is 2.44. The second-order valence-electron chi connectivity index (χ2n) is 8.42. The Bertz CT molecular complexity index is 807. The minimum Gasteiger partial charge on any atom is -0.454 e. The van der Waals surface area contributed by atoms with E-state index in [1.54, 1.807) is 0 Å². The minimum atomic E-state index is -1.14. The van der Waals surface area contributed by atoms with E-state index < -0.39 is 48.9 Å². The number of fused-ring (bicyclic) bond motifs is 3. The molecule has 3 fully saturated rings. The smallest absolute Gasteiger partial charge is 0.350 e. The normalized spacial score (nSPS) is 33.9. The number of carbonyl (C=O) groups excluding carboxylic acids is 2. The number of esters is 2. The molecular formula is C21H24O7. The molecule has 3 aliphatic heterocycles. The molecule has 0 aromatic heterocycles. The van der Waals surface area contributed by atoms with Crippen LogP contribution in [-0.4, -0.2) is 42.6 Å². The molecule has 0 bridgehead atoms. The first-order valence-electron chi connectivity index (χ1n) is 9.29. The predicted octanol–water partition coefficient (Wildman–Crippen LogP) is 2.54. The summed E-state index contributed by atoms with van der Waals surface area (Å²) >= 11 is 0. The van der Waals surface area contributed by atoms with Gasteiger partial charge in [-0.3, -0.25) is 0 Å². The van der Waals surface area contributed by atoms with Gasteiger partial charge in [-0.25, -0.2) is 9.59 Å². The third kappa shape index (κ3) is 3.23. The van der Waals surface area contributed by atoms with Crippen LogP contribution in [0.1, 0.15) is 45.1 Å². The van der Waals surface area contributed by atoms with Crippen LogP contribution in [0.15, 0.2) is 36.4 Å². The zero-order chi connectivity index (χ0) is 20.2. The quantitative estimate of drug-likeness (QED) is 0.581. The molecule has 28 heavy (non-hydrogen) atoms. The number of rotatable bonds is 3. The molecule has 3 heterocycles. The van der Waals surface area contributed by atoms with Crippen LogP contribution in [0.2, 0.25) is 0 Å². The minimum absolute atomic E-state index is 0.0526. The number of hydrogen-bond acceptors (Lipinski definition) is 7. The van der Waals surface area contributed by atoms with Gasteiger partial charge < -0.3 is 23.7 Å². The van der Waals surface area contributed by atoms with Gasteiger partial charge in [0.15, 0.2) is 24.8 Å². The third-order valence-electron chi connectivity index (χ3n) is 5.16. The van der Waals surface area contributed by atoms with E-state index in [2.05, 4.69) is 27.4 Å². The van der Waals surface area contributed by atoms with E-state index in [4.69, 9.17) is 23.7 Å². The van der Waals surface area contributed by atoms with E-state index in [1.807, 2.05) is 24.3 Å². The highest BCUT2D eigenvalue weighted by molar-refractivity contribution is 5.90. The van der Waals surface area contributed by atoms with Crippen molar-refractivity contribution in [3.05, 3.63) is 47.5 Å². The summed E-state index contributed by atoms with van der Waals surface area (Å²) < 4.78 is 28.2. The molecular weight excluding hydrogens is 364 g/mol. The van der Waals surface area contributed by atoms with Gasteiger partial charge in [-0.1, -0.05) is 51.6 Å². The molecule has 0 amide bonds. The Labute approximate surface area is 163 Å². The summed E-state index contributed by atoms with van der Waals surface area (Å²) in [4.78, 5) is 23.9. The summed E-state index contributed by atoms with van der Waals surface area (Å²) in [6.07, 6.45) is -4.46. The van der Waals surface area contributed by atoms with Gasteiger partial charge in [-0.2, -0.15) is 0 Å². The largest absolute Gasteiger partial charge is 0.454 e. The molecule has 1 aromatic carbocycles. The Morgan fingerprint density at radius 1 is 1.04 bits per heavy atom. The standard InChI is InChI=1S/C21H24O7/c1-10(2)17(22)25-15-13-14(24-18(15)23)16-20(26-13)28-19(27-16)11-6-8-12(9-7-11)21(3,4)5/h6-9,13-16,19-20H,1H2,2-5H3/t13-,14-,15-,16+,19?,20+/m0/s1. The van der Waals surface area contributed by atoms with E-state index in [-0.39, 0.29) is 11.0 Å². The molecule has 1 aromatic rings. The van der Waals surface area contributed by atoms with Crippen molar-refractivity contribution in [3.8, 4) is 0 Å². The first-order chi connectivity index (χ1) is 13.1. The number of carbonyl (C=O) groups is 2. The van der Waals surface area contributed by atoms with Crippen molar-refractivity contribution in [2.45, 2.75) is 70.1 Å². The Morgan fingerprint density at radius 2 is 1.71 bits per heavy atom. The average Bonchev–Trinajstić information content (AvgIpc) is 3.26. The lowest BCUT2D eigenvalue weighted by Crippen LogP contribution is -2.36. The Morgan fingerprint density at radius 3 is 2.32 bits per heavy atom. The molecule has 0 spiro atoms. The van der Waals surface area contributed by atoms with E-state index in [1.165, 1.54) is 12.5 Å². The topological polar surface area (TPSA) is 80.3 Å². The molecule has 7 heteroatoms. The molecule has 0 radical (unpaired) electrons. The van der Waals surface area contributed by atoms with Crippen molar-refractivity contribution < 1.29 is 33.3 Å². The molecule has 4 rings (SSSR count). The number of ether oxygens (including phenoxy) is 5. The Kier molecular flexibility index (Phi) is 4.56. The summed E-state index contributed by atoms with van der Waals surface area (Å²) in [7, 11) is 0. The summed E-state index contributed by atoms with van der Waals surface area (Å²) in [6.45, 7) is 11.5. The third-order valence-corrected chi connectivity index (χ3v) is 5.16. The monoisotopic (exact) mass is 388 g/mol. The van der Waals surface area contributed by atoms with E-state index in [0.717, 1.165) is 5.56 Å². The molecule has 3 aliphatic rings. The zero-order valence-electron chi connectivity index (χ0n) is 16.3. The van der Waals surface area contributed by atoms with Crippen LogP contribution < -0.4 is 0 Å². The van der Waals surface area contributed by atoms with Crippen LogP contribution in [-0.2, 0) is 38.7 Å². The molecule has 3 saturated heterocycles. The van der Waals surface area contributed by atoms with Crippen LogP contribution in [0.25, 0.3) is 0 Å². The van der Waals surface area contributed by atoms with Crippen molar-refractivity contribution in [3.63, 3.8) is 0 Å². The maximum absolute atomic E-state index is 12.1. The van der Waals surface area contributed by atoms with E-state index in [9.17, 15) is 9.59 Å². The molecule has 6 atom stereocenters. The number of hydrogen-bond donors (Lipinski definition) is 0. The maximum atomic E-state index is 12.1. The zero-order valence-corrected chi connectivity index (χ0v) is 16.3. The van der Waals surface area contributed by atoms with Gasteiger partial charge in [-0.05, 0) is 17.9 Å². The average molecular weight is 388 g/mol. The first-order valence-corrected chi connectivity index (χ1v) is 9.29. The lowest BCUT2D eigenvalue weighted by atomic mass is 9.87. The van der Waals surface area contributed by atoms with Crippen LogP contribution in [0.5, 0.6) is 0 Å². The first kappa shape index (κ1) is 19.1. The van der Waals surface area contributed by atoms with Crippen LogP contribution in [0, 0.1) is 0 Å². The van der Waals surface area contributed by atoms with E-state index in [0.29, 0.717) is 0 Å². The second kappa shape index (κ2) is 6.69. The Balaban J connectivity index is 1.44. The SMILES string of the molecule is C=C(C)C(=O)O[C@@H]1C(=O)O[C@@H]2[C@H]3OC(c4ccc(C(C)(C)C)cc4)O[C@H]3O[C@@H]21. The predicted molar refractivity (Wildman–Crippen MR) is 97.1 cm³/mol. The summed E-state index contributed by atoms with van der Waals surface area (Å²) in [6, 6.07) is 8.01. The summed E-state index contributed by atoms with van der Waals surface area (Å²) in [5.41, 5.74) is 2.31.